The van der Waals surface area contributed by atoms with Gasteiger partial charge in [-0.15, -0.1) is 0 Å². The van der Waals surface area contributed by atoms with Crippen molar-refractivity contribution >= 4 is 23.7 Å². The quantitative estimate of drug-likeness (QED) is 0.826. The molecule has 1 aromatic rings. The van der Waals surface area contributed by atoms with Crippen molar-refractivity contribution in [3.63, 3.8) is 0 Å². The first-order valence-electron chi connectivity index (χ1n) is 8.82. The molecule has 2 heterocycles. The van der Waals surface area contributed by atoms with Crippen LogP contribution in [0.15, 0.2) is 24.3 Å². The molecule has 0 radical (unpaired) electrons. The summed E-state index contributed by atoms with van der Waals surface area (Å²) in [5.41, 5.74) is 1.26. The van der Waals surface area contributed by atoms with Gasteiger partial charge in [0, 0.05) is 31.0 Å². The normalized spacial score (nSPS) is 23.4. The number of carboxylic acid groups (broad SMARTS) is 1. The van der Waals surface area contributed by atoms with Crippen LogP contribution in [0.25, 0.3) is 0 Å². The number of piperidine rings is 1. The molecule has 0 saturated carbocycles. The van der Waals surface area contributed by atoms with Gasteiger partial charge in [0.1, 0.15) is 0 Å². The number of hydrogen-bond acceptors (Lipinski definition) is 4. The largest absolute Gasteiger partial charge is 0.481 e. The van der Waals surface area contributed by atoms with Crippen LogP contribution in [0.4, 0.5) is 0 Å². The van der Waals surface area contributed by atoms with Gasteiger partial charge < -0.3 is 10.0 Å². The molecule has 26 heavy (non-hydrogen) atoms. The SMILES string of the molecule is CC1CCC(C(=O)O)CN1C(=O)c1ccc(CN2C(=O)CCC2=O)cc1. The summed E-state index contributed by atoms with van der Waals surface area (Å²) >= 11 is 0. The van der Waals surface area contributed by atoms with Crippen molar-refractivity contribution in [3.8, 4) is 0 Å². The van der Waals surface area contributed by atoms with Crippen LogP contribution in [-0.2, 0) is 20.9 Å². The number of benzene rings is 1. The number of carboxylic acids is 1. The molecule has 0 spiro atoms. The van der Waals surface area contributed by atoms with Crippen molar-refractivity contribution < 1.29 is 24.3 Å². The molecule has 138 valence electrons. The Morgan fingerprint density at radius 3 is 2.27 bits per heavy atom. The van der Waals surface area contributed by atoms with Gasteiger partial charge in [-0.05, 0) is 37.5 Å². The lowest BCUT2D eigenvalue weighted by Gasteiger charge is -2.36. The first-order valence-corrected chi connectivity index (χ1v) is 8.82. The minimum Gasteiger partial charge on any atom is -0.481 e. The van der Waals surface area contributed by atoms with E-state index in [-0.39, 0.29) is 49.7 Å². The van der Waals surface area contributed by atoms with E-state index in [1.54, 1.807) is 29.2 Å². The fourth-order valence-corrected chi connectivity index (χ4v) is 3.49. The first-order chi connectivity index (χ1) is 12.4. The van der Waals surface area contributed by atoms with Crippen LogP contribution in [0, 0.1) is 5.92 Å². The van der Waals surface area contributed by atoms with E-state index < -0.39 is 11.9 Å². The molecule has 0 aliphatic carbocycles. The van der Waals surface area contributed by atoms with Crippen LogP contribution in [0.5, 0.6) is 0 Å². The maximum atomic E-state index is 12.8. The average Bonchev–Trinajstić information content (AvgIpc) is 2.94. The van der Waals surface area contributed by atoms with Crippen LogP contribution in [0.2, 0.25) is 0 Å². The minimum absolute atomic E-state index is 0.00220. The van der Waals surface area contributed by atoms with Crippen LogP contribution in [0.1, 0.15) is 48.5 Å². The summed E-state index contributed by atoms with van der Waals surface area (Å²) in [4.78, 5) is 50.2. The fraction of sp³-hybridized carbons (Fsp3) is 0.474. The maximum Gasteiger partial charge on any atom is 0.308 e. The zero-order valence-electron chi connectivity index (χ0n) is 14.7. The van der Waals surface area contributed by atoms with Gasteiger partial charge in [0.25, 0.3) is 5.91 Å². The van der Waals surface area contributed by atoms with Crippen molar-refractivity contribution in [2.75, 3.05) is 6.54 Å². The van der Waals surface area contributed by atoms with Crippen LogP contribution < -0.4 is 0 Å². The third-order valence-corrected chi connectivity index (χ3v) is 5.19. The number of rotatable bonds is 4. The number of nitrogens with zero attached hydrogens (tertiary/aromatic N) is 2. The Balaban J connectivity index is 1.69. The average molecular weight is 358 g/mol. The molecule has 0 bridgehead atoms. The molecular weight excluding hydrogens is 336 g/mol. The van der Waals surface area contributed by atoms with E-state index >= 15 is 0 Å². The summed E-state index contributed by atoms with van der Waals surface area (Å²) in [7, 11) is 0. The molecule has 2 aliphatic heterocycles. The second-order valence-corrected chi connectivity index (χ2v) is 6.99. The molecule has 0 aromatic heterocycles. The molecule has 3 rings (SSSR count). The zero-order valence-corrected chi connectivity index (χ0v) is 14.7. The number of imide groups is 1. The number of carbonyl (C=O) groups excluding carboxylic acids is 3. The predicted octanol–water partition coefficient (Wildman–Crippen LogP) is 1.66. The van der Waals surface area contributed by atoms with Crippen LogP contribution in [0.3, 0.4) is 0 Å². The van der Waals surface area contributed by atoms with E-state index in [0.29, 0.717) is 18.4 Å². The lowest BCUT2D eigenvalue weighted by Crippen LogP contribution is -2.47. The maximum absolute atomic E-state index is 12.8. The standard InChI is InChI=1S/C19H22N2O5/c1-12-2-5-15(19(25)26)11-20(12)18(24)14-6-3-13(4-7-14)10-21-16(22)8-9-17(21)23/h3-4,6-7,12,15H,2,5,8-11H2,1H3,(H,25,26). The third kappa shape index (κ3) is 3.61. The van der Waals surface area contributed by atoms with E-state index in [9.17, 15) is 24.3 Å². The topological polar surface area (TPSA) is 95.0 Å². The monoisotopic (exact) mass is 358 g/mol. The Morgan fingerprint density at radius 2 is 1.69 bits per heavy atom. The second-order valence-electron chi connectivity index (χ2n) is 6.99. The van der Waals surface area contributed by atoms with E-state index in [0.717, 1.165) is 5.56 Å². The molecule has 2 aliphatic rings. The lowest BCUT2D eigenvalue weighted by atomic mass is 9.93. The van der Waals surface area contributed by atoms with Crippen LogP contribution in [-0.4, -0.2) is 51.2 Å². The second kappa shape index (κ2) is 7.27. The van der Waals surface area contributed by atoms with Crippen molar-refractivity contribution in [3.05, 3.63) is 35.4 Å². The van der Waals surface area contributed by atoms with Crippen molar-refractivity contribution in [2.24, 2.45) is 5.92 Å². The number of aliphatic carboxylic acids is 1. The Hall–Kier alpha value is -2.70. The summed E-state index contributed by atoms with van der Waals surface area (Å²) < 4.78 is 0. The molecule has 7 nitrogen and oxygen atoms in total. The molecule has 1 aromatic carbocycles. The van der Waals surface area contributed by atoms with Gasteiger partial charge in [0.2, 0.25) is 11.8 Å². The zero-order chi connectivity index (χ0) is 18.8. The van der Waals surface area contributed by atoms with E-state index in [4.69, 9.17) is 0 Å². The van der Waals surface area contributed by atoms with Gasteiger partial charge >= 0.3 is 5.97 Å². The molecule has 3 amide bonds. The van der Waals surface area contributed by atoms with E-state index in [2.05, 4.69) is 0 Å². The van der Waals surface area contributed by atoms with Crippen molar-refractivity contribution in [2.45, 2.75) is 45.2 Å². The van der Waals surface area contributed by atoms with E-state index in [1.807, 2.05) is 6.92 Å². The number of carbonyl (C=O) groups is 4. The molecule has 2 saturated heterocycles. The highest BCUT2D eigenvalue weighted by molar-refractivity contribution is 6.01. The minimum atomic E-state index is -0.870. The summed E-state index contributed by atoms with van der Waals surface area (Å²) in [5, 5.41) is 9.21. The highest BCUT2D eigenvalue weighted by atomic mass is 16.4. The lowest BCUT2D eigenvalue weighted by molar-refractivity contribution is -0.143. The Morgan fingerprint density at radius 1 is 1.08 bits per heavy atom. The third-order valence-electron chi connectivity index (χ3n) is 5.19. The van der Waals surface area contributed by atoms with Gasteiger partial charge in [-0.2, -0.15) is 0 Å². The highest BCUT2D eigenvalue weighted by Gasteiger charge is 2.33. The Kier molecular flexibility index (Phi) is 5.06. The van der Waals surface area contributed by atoms with Crippen LogP contribution >= 0.6 is 0 Å². The highest BCUT2D eigenvalue weighted by Crippen LogP contribution is 2.24. The smallest absolute Gasteiger partial charge is 0.308 e. The molecule has 2 unspecified atom stereocenters. The molecule has 2 atom stereocenters. The summed E-state index contributed by atoms with van der Waals surface area (Å²) in [6.45, 7) is 2.36. The number of hydrogen-bond donors (Lipinski definition) is 1. The summed E-state index contributed by atoms with van der Waals surface area (Å²) in [6.07, 6.45) is 1.76. The van der Waals surface area contributed by atoms with Gasteiger partial charge in [0.05, 0.1) is 12.5 Å². The summed E-state index contributed by atoms with van der Waals surface area (Å²) in [6, 6.07) is 6.79. The predicted molar refractivity (Wildman–Crippen MR) is 92.1 cm³/mol. The van der Waals surface area contributed by atoms with E-state index in [1.165, 1.54) is 4.90 Å². The van der Waals surface area contributed by atoms with Gasteiger partial charge in [0.15, 0.2) is 0 Å². The Labute approximate surface area is 151 Å². The number of amides is 3. The molecule has 7 heteroatoms. The molecular formula is C19H22N2O5. The van der Waals surface area contributed by atoms with Gasteiger partial charge in [-0.25, -0.2) is 0 Å². The van der Waals surface area contributed by atoms with Crippen molar-refractivity contribution in [1.82, 2.24) is 9.80 Å². The first kappa shape index (κ1) is 18.1. The number of likely N-dealkylation sites (tertiary alicyclic amines) is 2. The molecule has 2 fully saturated rings. The van der Waals surface area contributed by atoms with Gasteiger partial charge in [-0.3, -0.25) is 24.1 Å². The summed E-state index contributed by atoms with van der Waals surface area (Å²) in [5.74, 6) is -1.93. The fourth-order valence-electron chi connectivity index (χ4n) is 3.49. The van der Waals surface area contributed by atoms with Gasteiger partial charge in [-0.1, -0.05) is 12.1 Å². The van der Waals surface area contributed by atoms with Crippen molar-refractivity contribution in [1.29, 1.82) is 0 Å². The Bertz CT molecular complexity index is 727. The molecule has 1 N–H and O–H groups in total.